The largest absolute Gasteiger partial charge is 0.404 e. The molecule has 0 fully saturated rings. The van der Waals surface area contributed by atoms with Crippen LogP contribution in [0.2, 0.25) is 0 Å². The maximum absolute atomic E-state index is 13.5. The number of Topliss-reactive ketones (excluding diaryl/α,β-unsaturated/α-hetero) is 1. The summed E-state index contributed by atoms with van der Waals surface area (Å²) in [6.07, 6.45) is 4.73. The van der Waals surface area contributed by atoms with E-state index in [1.54, 1.807) is 26.5 Å². The minimum absolute atomic E-state index is 0.105. The van der Waals surface area contributed by atoms with Gasteiger partial charge < -0.3 is 11.5 Å². The first-order chi connectivity index (χ1) is 15.1. The molecule has 0 radical (unpaired) electrons. The summed E-state index contributed by atoms with van der Waals surface area (Å²) < 4.78 is 0. The van der Waals surface area contributed by atoms with Gasteiger partial charge in [-0.05, 0) is 29.5 Å². The highest BCUT2D eigenvalue weighted by Crippen LogP contribution is 2.24. The van der Waals surface area contributed by atoms with E-state index < -0.39 is 6.04 Å². The average molecular weight is 417 g/mol. The first-order valence-electron chi connectivity index (χ1n) is 9.69. The van der Waals surface area contributed by atoms with Gasteiger partial charge in [0.15, 0.2) is 0 Å². The Labute approximate surface area is 183 Å². The molecule has 2 rings (SSSR count). The topological polar surface area (TPSA) is 118 Å². The van der Waals surface area contributed by atoms with E-state index in [0.29, 0.717) is 5.57 Å². The number of nitrogens with one attached hydrogen (secondary N) is 1. The van der Waals surface area contributed by atoms with Crippen molar-refractivity contribution < 1.29 is 4.79 Å². The number of hydrogen-bond acceptors (Lipinski definition) is 7. The van der Waals surface area contributed by atoms with Crippen LogP contribution < -0.4 is 16.8 Å². The van der Waals surface area contributed by atoms with Crippen molar-refractivity contribution in [2.75, 3.05) is 20.8 Å². The van der Waals surface area contributed by atoms with Gasteiger partial charge in [0.2, 0.25) is 5.78 Å². The molecule has 31 heavy (non-hydrogen) atoms. The van der Waals surface area contributed by atoms with Gasteiger partial charge in [-0.3, -0.25) is 25.1 Å². The third-order valence-electron chi connectivity index (χ3n) is 4.57. The highest BCUT2D eigenvalue weighted by atomic mass is 16.1. The molecule has 7 heteroatoms. The minimum Gasteiger partial charge on any atom is -0.404 e. The fourth-order valence-electron chi connectivity index (χ4n) is 3.10. The normalized spacial score (nSPS) is 13.9. The number of rotatable bonds is 10. The summed E-state index contributed by atoms with van der Waals surface area (Å²) in [6.45, 7) is 3.68. The van der Waals surface area contributed by atoms with Crippen molar-refractivity contribution in [2.45, 2.75) is 6.04 Å². The lowest BCUT2D eigenvalue weighted by Gasteiger charge is -2.19. The summed E-state index contributed by atoms with van der Waals surface area (Å²) in [5, 5.41) is 3.11. The van der Waals surface area contributed by atoms with E-state index in [0.717, 1.165) is 22.3 Å². The molecule has 0 aliphatic rings. The van der Waals surface area contributed by atoms with Crippen molar-refractivity contribution in [1.29, 1.82) is 0 Å². The highest BCUT2D eigenvalue weighted by Gasteiger charge is 2.24. The molecular formula is C24H28N6O. The smallest absolute Gasteiger partial charge is 0.200 e. The summed E-state index contributed by atoms with van der Waals surface area (Å²) >= 11 is 0. The van der Waals surface area contributed by atoms with Gasteiger partial charge in [-0.25, -0.2) is 0 Å². The summed E-state index contributed by atoms with van der Waals surface area (Å²) in [5.74, 6) is -0.290. The van der Waals surface area contributed by atoms with E-state index in [9.17, 15) is 4.79 Å². The first-order valence-corrected chi connectivity index (χ1v) is 9.69. The lowest BCUT2D eigenvalue weighted by molar-refractivity contribution is -0.117. The maximum atomic E-state index is 13.5. The van der Waals surface area contributed by atoms with Gasteiger partial charge >= 0.3 is 0 Å². The standard InChI is InChI=1S/C24H28N6O/c1-27-14-20(13-25)18-10-7-11-19(12-18)23(30-16-29-3)24(31)22(26)21(15-28-2)17-8-5-4-6-9-17/h4-15,23,30H,3,16,25-26H2,1-2H3. The monoisotopic (exact) mass is 416 g/mol. The molecule has 0 amide bonds. The third kappa shape index (κ3) is 6.07. The molecule has 0 spiro atoms. The van der Waals surface area contributed by atoms with Crippen molar-refractivity contribution in [3.63, 3.8) is 0 Å². The zero-order valence-corrected chi connectivity index (χ0v) is 17.8. The second-order valence-corrected chi connectivity index (χ2v) is 6.60. The second kappa shape index (κ2) is 12.0. The maximum Gasteiger partial charge on any atom is 0.200 e. The fourth-order valence-corrected chi connectivity index (χ4v) is 3.10. The molecule has 0 saturated heterocycles. The van der Waals surface area contributed by atoms with Crippen LogP contribution in [-0.4, -0.2) is 45.7 Å². The predicted octanol–water partition coefficient (Wildman–Crippen LogP) is 2.62. The molecule has 0 aromatic heterocycles. The Morgan fingerprint density at radius 2 is 1.74 bits per heavy atom. The Bertz CT molecular complexity index is 1020. The van der Waals surface area contributed by atoms with Gasteiger partial charge in [0.05, 0.1) is 18.4 Å². The van der Waals surface area contributed by atoms with Crippen LogP contribution in [0.25, 0.3) is 11.1 Å². The Morgan fingerprint density at radius 1 is 1.06 bits per heavy atom. The number of carbonyl (C=O) groups excluding carboxylic acids is 1. The van der Waals surface area contributed by atoms with Crippen LogP contribution in [0.1, 0.15) is 22.7 Å². The van der Waals surface area contributed by atoms with E-state index in [4.69, 9.17) is 11.5 Å². The van der Waals surface area contributed by atoms with E-state index in [1.165, 1.54) is 6.20 Å². The van der Waals surface area contributed by atoms with Gasteiger partial charge in [-0.1, -0.05) is 48.5 Å². The average Bonchev–Trinajstić information content (AvgIpc) is 2.81. The first kappa shape index (κ1) is 23.4. The van der Waals surface area contributed by atoms with Crippen LogP contribution in [0.15, 0.2) is 81.5 Å². The molecular weight excluding hydrogens is 388 g/mol. The molecule has 0 saturated carbocycles. The SMILES string of the molecule is C=NCNC(C(=O)C(N)=C(C=NC)c1ccccc1)c1cccc(C(C=NC)=CN)c1. The zero-order valence-electron chi connectivity index (χ0n) is 17.8. The van der Waals surface area contributed by atoms with Crippen molar-refractivity contribution in [1.82, 2.24) is 5.32 Å². The van der Waals surface area contributed by atoms with Gasteiger partial charge in [0.25, 0.3) is 0 Å². The summed E-state index contributed by atoms with van der Waals surface area (Å²) in [7, 11) is 3.31. The van der Waals surface area contributed by atoms with Crippen molar-refractivity contribution in [3.05, 3.63) is 83.2 Å². The zero-order chi connectivity index (χ0) is 22.6. The summed E-state index contributed by atoms with van der Waals surface area (Å²) in [5.41, 5.74) is 15.9. The van der Waals surface area contributed by atoms with Crippen molar-refractivity contribution >= 4 is 36.1 Å². The Balaban J connectivity index is 2.55. The lowest BCUT2D eigenvalue weighted by Crippen LogP contribution is -2.32. The van der Waals surface area contributed by atoms with Crippen LogP contribution >= 0.6 is 0 Å². The number of ketones is 1. The molecule has 0 bridgehead atoms. The molecule has 5 N–H and O–H groups in total. The van der Waals surface area contributed by atoms with Crippen LogP contribution in [-0.2, 0) is 4.79 Å². The van der Waals surface area contributed by atoms with Crippen LogP contribution in [0, 0.1) is 0 Å². The van der Waals surface area contributed by atoms with E-state index in [-0.39, 0.29) is 18.1 Å². The van der Waals surface area contributed by atoms with Crippen LogP contribution in [0.5, 0.6) is 0 Å². The Kier molecular flexibility index (Phi) is 9.07. The van der Waals surface area contributed by atoms with Gasteiger partial charge in [0, 0.05) is 43.9 Å². The van der Waals surface area contributed by atoms with E-state index in [2.05, 4.69) is 27.0 Å². The number of allylic oxidation sites excluding steroid dienone is 2. The van der Waals surface area contributed by atoms with E-state index in [1.807, 2.05) is 54.6 Å². The van der Waals surface area contributed by atoms with E-state index >= 15 is 0 Å². The number of nitrogens with zero attached hydrogens (tertiary/aromatic N) is 3. The lowest BCUT2D eigenvalue weighted by atomic mass is 9.94. The molecule has 1 unspecified atom stereocenters. The molecule has 2 aromatic carbocycles. The molecule has 0 aliphatic carbocycles. The highest BCUT2D eigenvalue weighted by molar-refractivity contribution is 6.20. The molecule has 2 aromatic rings. The molecule has 160 valence electrons. The Morgan fingerprint density at radius 3 is 2.35 bits per heavy atom. The third-order valence-corrected chi connectivity index (χ3v) is 4.57. The molecule has 0 heterocycles. The number of nitrogens with two attached hydrogens (primary N) is 2. The number of carbonyl (C=O) groups is 1. The van der Waals surface area contributed by atoms with Gasteiger partial charge in [0.1, 0.15) is 0 Å². The quantitative estimate of drug-likeness (QED) is 0.407. The van der Waals surface area contributed by atoms with Gasteiger partial charge in [-0.2, -0.15) is 0 Å². The molecule has 7 nitrogen and oxygen atoms in total. The number of benzene rings is 2. The van der Waals surface area contributed by atoms with Crippen LogP contribution in [0.4, 0.5) is 0 Å². The van der Waals surface area contributed by atoms with Crippen molar-refractivity contribution in [3.8, 4) is 0 Å². The minimum atomic E-state index is -0.730. The second-order valence-electron chi connectivity index (χ2n) is 6.60. The molecule has 1 atom stereocenters. The number of hydrogen-bond donors (Lipinski definition) is 3. The van der Waals surface area contributed by atoms with Gasteiger partial charge in [-0.15, -0.1) is 0 Å². The van der Waals surface area contributed by atoms with Crippen LogP contribution in [0.3, 0.4) is 0 Å². The number of aliphatic imine (C=N–C) groups is 3. The predicted molar refractivity (Wildman–Crippen MR) is 130 cm³/mol. The molecule has 0 aliphatic heterocycles. The summed E-state index contributed by atoms with van der Waals surface area (Å²) in [6, 6.07) is 16.2. The summed E-state index contributed by atoms with van der Waals surface area (Å²) in [4.78, 5) is 25.4. The Hall–Kier alpha value is -3.84. The van der Waals surface area contributed by atoms with Crippen molar-refractivity contribution in [2.24, 2.45) is 26.4 Å². The fraction of sp³-hybridized carbons (Fsp3) is 0.167.